The van der Waals surface area contributed by atoms with Crippen molar-refractivity contribution in [2.45, 2.75) is 32.1 Å². The summed E-state index contributed by atoms with van der Waals surface area (Å²) in [5, 5.41) is 9.26. The molecule has 2 heterocycles. The largest absolute Gasteiger partial charge is 0.475 e. The van der Waals surface area contributed by atoms with Gasteiger partial charge in [0.15, 0.2) is 0 Å². The van der Waals surface area contributed by atoms with Crippen molar-refractivity contribution in [2.75, 3.05) is 13.1 Å². The number of carboxylic acids is 1. The fourth-order valence-electron chi connectivity index (χ4n) is 2.85. The number of amides is 1. The molecule has 1 aromatic carbocycles. The highest BCUT2D eigenvalue weighted by Gasteiger charge is 2.33. The van der Waals surface area contributed by atoms with E-state index in [2.05, 4.69) is 4.98 Å². The number of carbonyl (C=O) groups excluding carboxylic acids is 1. The lowest BCUT2D eigenvalue weighted by Gasteiger charge is -2.15. The fourth-order valence-corrected chi connectivity index (χ4v) is 2.85. The molecule has 1 aliphatic heterocycles. The lowest BCUT2D eigenvalue weighted by molar-refractivity contribution is 0.0657. The third-order valence-corrected chi connectivity index (χ3v) is 4.16. The molecule has 1 aromatic heterocycles. The van der Waals surface area contributed by atoms with Gasteiger partial charge in [-0.05, 0) is 24.5 Å². The maximum atomic E-state index is 12.2. The van der Waals surface area contributed by atoms with Crippen LogP contribution in [0.3, 0.4) is 0 Å². The summed E-state index contributed by atoms with van der Waals surface area (Å²) in [6.07, 6.45) is 0.226. The van der Waals surface area contributed by atoms with Crippen molar-refractivity contribution in [2.24, 2.45) is 0 Å². The van der Waals surface area contributed by atoms with Gasteiger partial charge in [0.05, 0.1) is 11.6 Å². The maximum Gasteiger partial charge on any atom is 0.415 e. The van der Waals surface area contributed by atoms with E-state index in [0.717, 1.165) is 0 Å². The van der Waals surface area contributed by atoms with E-state index in [1.165, 1.54) is 0 Å². The predicted octanol–water partition coefficient (Wildman–Crippen LogP) is 3.48. The Morgan fingerprint density at radius 3 is 2.64 bits per heavy atom. The third-order valence-electron chi connectivity index (χ3n) is 4.16. The van der Waals surface area contributed by atoms with Crippen LogP contribution in [0.25, 0.3) is 0 Å². The molecule has 3 rings (SSSR count). The molecule has 7 nitrogen and oxygen atoms in total. The first-order valence-electron chi connectivity index (χ1n) is 8.21. The minimum absolute atomic E-state index is 0.0517. The van der Waals surface area contributed by atoms with Crippen LogP contribution < -0.4 is 4.74 Å². The van der Waals surface area contributed by atoms with Crippen LogP contribution in [0.5, 0.6) is 5.75 Å². The smallest absolute Gasteiger partial charge is 0.415 e. The van der Waals surface area contributed by atoms with Gasteiger partial charge in [-0.15, -0.1) is 0 Å². The zero-order valence-corrected chi connectivity index (χ0v) is 14.1. The molecule has 0 aliphatic carbocycles. The Hall–Kier alpha value is -2.83. The summed E-state index contributed by atoms with van der Waals surface area (Å²) >= 11 is 0. The standard InChI is InChI=1S/C18H20N2O5/c1-11(2)14-15(17(21)22)25-16(19-14)12-8-9-20(10-12)18(23)24-13-6-4-3-5-7-13/h3-7,11-12H,8-10H2,1-2H3,(H,21,22)/t12-/m0/s1. The quantitative estimate of drug-likeness (QED) is 0.912. The predicted molar refractivity (Wildman–Crippen MR) is 88.9 cm³/mol. The number of carboxylic acid groups (broad SMARTS) is 1. The maximum absolute atomic E-state index is 12.2. The molecule has 0 saturated carbocycles. The number of para-hydroxylation sites is 1. The summed E-state index contributed by atoms with van der Waals surface area (Å²) in [6.45, 7) is 4.64. The lowest BCUT2D eigenvalue weighted by Crippen LogP contribution is -2.31. The average Bonchev–Trinajstić information content (AvgIpc) is 3.23. The number of carbonyl (C=O) groups is 2. The fraction of sp³-hybridized carbons (Fsp3) is 0.389. The Morgan fingerprint density at radius 2 is 2.04 bits per heavy atom. The number of aromatic nitrogens is 1. The van der Waals surface area contributed by atoms with Crippen LogP contribution >= 0.6 is 0 Å². The molecule has 2 aromatic rings. The van der Waals surface area contributed by atoms with Crippen molar-refractivity contribution in [3.05, 3.63) is 47.7 Å². The van der Waals surface area contributed by atoms with E-state index >= 15 is 0 Å². The van der Waals surface area contributed by atoms with Gasteiger partial charge in [-0.1, -0.05) is 32.0 Å². The van der Waals surface area contributed by atoms with Crippen molar-refractivity contribution in [1.82, 2.24) is 9.88 Å². The van der Waals surface area contributed by atoms with E-state index in [9.17, 15) is 14.7 Å². The SMILES string of the molecule is CC(C)c1nc([C@H]2CCN(C(=O)Oc3ccccc3)C2)oc1C(=O)O. The van der Waals surface area contributed by atoms with Crippen molar-refractivity contribution in [3.8, 4) is 5.75 Å². The highest BCUT2D eigenvalue weighted by molar-refractivity contribution is 5.85. The average molecular weight is 344 g/mol. The van der Waals surface area contributed by atoms with E-state index < -0.39 is 12.1 Å². The van der Waals surface area contributed by atoms with Crippen LogP contribution in [-0.2, 0) is 0 Å². The van der Waals surface area contributed by atoms with Crippen molar-refractivity contribution >= 4 is 12.1 Å². The van der Waals surface area contributed by atoms with Gasteiger partial charge in [0.2, 0.25) is 11.7 Å². The number of aromatic carboxylic acids is 1. The number of nitrogens with zero attached hydrogens (tertiary/aromatic N) is 2. The summed E-state index contributed by atoms with van der Waals surface area (Å²) < 4.78 is 10.8. The van der Waals surface area contributed by atoms with Crippen LogP contribution in [0, 0.1) is 0 Å². The minimum Gasteiger partial charge on any atom is -0.475 e. The number of rotatable bonds is 4. The Bertz CT molecular complexity index is 769. The van der Waals surface area contributed by atoms with Crippen molar-refractivity contribution in [1.29, 1.82) is 0 Å². The first-order valence-corrected chi connectivity index (χ1v) is 8.21. The Balaban J connectivity index is 1.69. The van der Waals surface area contributed by atoms with E-state index in [0.29, 0.717) is 36.8 Å². The molecular formula is C18H20N2O5. The number of oxazole rings is 1. The zero-order valence-electron chi connectivity index (χ0n) is 14.1. The molecule has 1 N–H and O–H groups in total. The van der Waals surface area contributed by atoms with Crippen molar-refractivity contribution < 1.29 is 23.8 Å². The molecule has 1 fully saturated rings. The normalized spacial score (nSPS) is 17.1. The van der Waals surface area contributed by atoms with Gasteiger partial charge < -0.3 is 19.2 Å². The van der Waals surface area contributed by atoms with Crippen LogP contribution in [0.2, 0.25) is 0 Å². The molecule has 0 bridgehead atoms. The molecule has 25 heavy (non-hydrogen) atoms. The number of likely N-dealkylation sites (tertiary alicyclic amines) is 1. The van der Waals surface area contributed by atoms with Crippen LogP contribution in [0.1, 0.15) is 54.2 Å². The minimum atomic E-state index is -1.12. The van der Waals surface area contributed by atoms with Gasteiger partial charge in [0.1, 0.15) is 5.75 Å². The summed E-state index contributed by atoms with van der Waals surface area (Å²) in [5.74, 6) is -0.562. The second kappa shape index (κ2) is 6.96. The third kappa shape index (κ3) is 3.65. The first-order chi connectivity index (χ1) is 12.0. The summed E-state index contributed by atoms with van der Waals surface area (Å²) in [7, 11) is 0. The van der Waals surface area contributed by atoms with Crippen LogP contribution in [-0.4, -0.2) is 40.1 Å². The molecule has 1 atom stereocenters. The van der Waals surface area contributed by atoms with E-state index in [4.69, 9.17) is 9.15 Å². The second-order valence-electron chi connectivity index (χ2n) is 6.34. The van der Waals surface area contributed by atoms with Gasteiger partial charge in [-0.25, -0.2) is 14.6 Å². The molecule has 132 valence electrons. The molecule has 1 aliphatic rings. The van der Waals surface area contributed by atoms with Gasteiger partial charge in [-0.3, -0.25) is 0 Å². The van der Waals surface area contributed by atoms with Crippen LogP contribution in [0.15, 0.2) is 34.7 Å². The highest BCUT2D eigenvalue weighted by atomic mass is 16.6. The van der Waals surface area contributed by atoms with Gasteiger partial charge >= 0.3 is 12.1 Å². The second-order valence-corrected chi connectivity index (χ2v) is 6.34. The Labute approximate surface area is 145 Å². The first kappa shape index (κ1) is 17.0. The molecule has 7 heteroatoms. The van der Waals surface area contributed by atoms with Gasteiger partial charge in [0, 0.05) is 13.1 Å². The lowest BCUT2D eigenvalue weighted by atomic mass is 10.1. The summed E-state index contributed by atoms with van der Waals surface area (Å²) in [4.78, 5) is 29.5. The topological polar surface area (TPSA) is 92.9 Å². The zero-order chi connectivity index (χ0) is 18.0. The number of ether oxygens (including phenoxy) is 1. The molecular weight excluding hydrogens is 324 g/mol. The summed E-state index contributed by atoms with van der Waals surface area (Å²) in [6, 6.07) is 8.87. The van der Waals surface area contributed by atoms with Crippen LogP contribution in [0.4, 0.5) is 4.79 Å². The Kier molecular flexibility index (Phi) is 4.74. The number of benzene rings is 1. The molecule has 0 radical (unpaired) electrons. The van der Waals surface area contributed by atoms with Gasteiger partial charge in [0.25, 0.3) is 0 Å². The van der Waals surface area contributed by atoms with E-state index in [1.807, 2.05) is 19.9 Å². The van der Waals surface area contributed by atoms with Gasteiger partial charge in [-0.2, -0.15) is 0 Å². The van der Waals surface area contributed by atoms with E-state index in [1.54, 1.807) is 29.2 Å². The molecule has 1 amide bonds. The molecule has 0 spiro atoms. The monoisotopic (exact) mass is 344 g/mol. The highest BCUT2D eigenvalue weighted by Crippen LogP contribution is 2.31. The summed E-state index contributed by atoms with van der Waals surface area (Å²) in [5.41, 5.74) is 0.438. The number of hydrogen-bond donors (Lipinski definition) is 1. The number of hydrogen-bond acceptors (Lipinski definition) is 5. The van der Waals surface area contributed by atoms with Crippen molar-refractivity contribution in [3.63, 3.8) is 0 Å². The molecule has 1 saturated heterocycles. The Morgan fingerprint density at radius 1 is 1.32 bits per heavy atom. The molecule has 0 unspecified atom stereocenters. The van der Waals surface area contributed by atoms with E-state index in [-0.39, 0.29) is 17.6 Å².